The average Bonchev–Trinajstić information content (AvgIpc) is 3.07. The van der Waals surface area contributed by atoms with Gasteiger partial charge in [0.05, 0.1) is 26.5 Å². The van der Waals surface area contributed by atoms with Gasteiger partial charge in [0.2, 0.25) is 11.2 Å². The summed E-state index contributed by atoms with van der Waals surface area (Å²) in [5.41, 5.74) is -3.44. The molecule has 2 atom stereocenters. The zero-order chi connectivity index (χ0) is 24.5. The van der Waals surface area contributed by atoms with Crippen LogP contribution in [0, 0.1) is 0 Å². The molecule has 0 unspecified atom stereocenters. The highest BCUT2D eigenvalue weighted by Crippen LogP contribution is 2.55. The fraction of sp³-hybridized carbons (Fsp3) is 0.231. The first-order valence-electron chi connectivity index (χ1n) is 10.5. The Morgan fingerprint density at radius 2 is 1.71 bits per heavy atom. The van der Waals surface area contributed by atoms with Crippen LogP contribution in [0.2, 0.25) is 5.02 Å². The maximum atomic E-state index is 13.7. The van der Waals surface area contributed by atoms with Crippen LogP contribution in [0.5, 0.6) is 5.75 Å². The average molecular weight is 482 g/mol. The van der Waals surface area contributed by atoms with Gasteiger partial charge in [-0.25, -0.2) is 4.79 Å². The number of fused-ring (bicyclic) bond motifs is 1. The predicted molar refractivity (Wildman–Crippen MR) is 127 cm³/mol. The van der Waals surface area contributed by atoms with Crippen molar-refractivity contribution < 1.29 is 28.9 Å². The molecular weight excluding hydrogens is 458 g/mol. The van der Waals surface area contributed by atoms with Gasteiger partial charge in [-0.2, -0.15) is 0 Å². The number of hydrogen-bond acceptors (Lipinski definition) is 6. The lowest BCUT2D eigenvalue weighted by Crippen LogP contribution is -2.61. The molecule has 0 saturated heterocycles. The molecule has 1 amide bonds. The Hall–Kier alpha value is -3.39. The highest BCUT2D eigenvalue weighted by atomic mass is 35.5. The lowest BCUT2D eigenvalue weighted by molar-refractivity contribution is -0.220. The third kappa shape index (κ3) is 3.44. The summed E-state index contributed by atoms with van der Waals surface area (Å²) in [7, 11) is 4.18. The highest BCUT2D eigenvalue weighted by molar-refractivity contribution is 6.33. The molecule has 0 radical (unpaired) electrons. The van der Waals surface area contributed by atoms with E-state index >= 15 is 0 Å². The van der Waals surface area contributed by atoms with Crippen molar-refractivity contribution in [2.75, 3.05) is 26.2 Å². The fourth-order valence-electron chi connectivity index (χ4n) is 4.39. The molecule has 34 heavy (non-hydrogen) atoms. The number of halogens is 1. The van der Waals surface area contributed by atoms with E-state index in [1.54, 1.807) is 42.5 Å². The molecule has 8 heteroatoms. The van der Waals surface area contributed by atoms with Gasteiger partial charge < -0.3 is 24.2 Å². The van der Waals surface area contributed by atoms with Gasteiger partial charge in [-0.05, 0) is 35.4 Å². The topological polar surface area (TPSA) is 85.3 Å². The Balaban J connectivity index is 2.01. The van der Waals surface area contributed by atoms with Gasteiger partial charge in [-0.3, -0.25) is 4.79 Å². The molecule has 0 bridgehead atoms. The number of likely N-dealkylation sites (N-methyl/N-ethyl adjacent to an activating group) is 1. The van der Waals surface area contributed by atoms with E-state index in [4.69, 9.17) is 25.8 Å². The number of benzene rings is 3. The van der Waals surface area contributed by atoms with Crippen molar-refractivity contribution in [3.63, 3.8) is 0 Å². The standard InChI is InChI=1S/C26H24ClNO6/c1-28-21-11-7-10-20(27)22(21)25(31,23(28)29)26(24(30)33-3,18-12-14-19(32-2)15-13-18)34-16-17-8-5-4-6-9-17/h4-15,31H,16H2,1-3H3/t25-,26-/m1/s1. The summed E-state index contributed by atoms with van der Waals surface area (Å²) in [6.07, 6.45) is 0. The number of carbonyl (C=O) groups is 2. The van der Waals surface area contributed by atoms with Crippen molar-refractivity contribution in [2.24, 2.45) is 0 Å². The maximum Gasteiger partial charge on any atom is 0.346 e. The number of anilines is 1. The number of carbonyl (C=O) groups excluding carboxylic acids is 2. The Kier molecular flexibility index (Phi) is 6.36. The van der Waals surface area contributed by atoms with Crippen LogP contribution in [-0.4, -0.2) is 38.3 Å². The van der Waals surface area contributed by atoms with Crippen LogP contribution in [0.15, 0.2) is 72.8 Å². The zero-order valence-corrected chi connectivity index (χ0v) is 19.7. The van der Waals surface area contributed by atoms with E-state index in [0.717, 1.165) is 5.56 Å². The molecule has 3 aromatic rings. The number of amides is 1. The Morgan fingerprint density at radius 1 is 1.03 bits per heavy atom. The molecule has 0 spiro atoms. The lowest BCUT2D eigenvalue weighted by Gasteiger charge is -2.42. The molecular formula is C26H24ClNO6. The first kappa shape index (κ1) is 23.8. The molecule has 176 valence electrons. The number of esters is 1. The number of methoxy groups -OCH3 is 2. The summed E-state index contributed by atoms with van der Waals surface area (Å²) >= 11 is 6.52. The zero-order valence-electron chi connectivity index (χ0n) is 18.9. The van der Waals surface area contributed by atoms with Crippen LogP contribution < -0.4 is 9.64 Å². The Morgan fingerprint density at radius 3 is 2.32 bits per heavy atom. The van der Waals surface area contributed by atoms with Crippen LogP contribution in [0.1, 0.15) is 16.7 Å². The molecule has 4 rings (SSSR count). The summed E-state index contributed by atoms with van der Waals surface area (Å²) in [4.78, 5) is 28.6. The van der Waals surface area contributed by atoms with Crippen molar-refractivity contribution in [2.45, 2.75) is 17.8 Å². The minimum atomic E-state index is -2.52. The number of ether oxygens (including phenoxy) is 3. The molecule has 0 aromatic heterocycles. The van der Waals surface area contributed by atoms with Gasteiger partial charge in [0, 0.05) is 17.6 Å². The molecule has 0 saturated carbocycles. The Bertz CT molecular complexity index is 1220. The van der Waals surface area contributed by atoms with Crippen LogP contribution in [-0.2, 0) is 36.9 Å². The maximum absolute atomic E-state index is 13.7. The van der Waals surface area contributed by atoms with Gasteiger partial charge >= 0.3 is 5.97 Å². The molecule has 1 aliphatic rings. The number of hydrogen-bond donors (Lipinski definition) is 1. The second-order valence-corrected chi connectivity index (χ2v) is 8.29. The fourth-order valence-corrected chi connectivity index (χ4v) is 4.70. The first-order valence-corrected chi connectivity index (χ1v) is 10.9. The van der Waals surface area contributed by atoms with Gasteiger partial charge in [-0.15, -0.1) is 0 Å². The Labute approximate surface area is 202 Å². The first-order chi connectivity index (χ1) is 16.3. The SMILES string of the molecule is COC(=O)[C@](OCc1ccccc1)(c1ccc(OC)cc1)[C@]1(O)C(=O)N(C)c2cccc(Cl)c21. The summed E-state index contributed by atoms with van der Waals surface area (Å²) in [5.74, 6) is -1.21. The summed E-state index contributed by atoms with van der Waals surface area (Å²) < 4.78 is 16.7. The molecule has 0 aliphatic carbocycles. The quantitative estimate of drug-likeness (QED) is 0.517. The van der Waals surface area contributed by atoms with Crippen molar-refractivity contribution >= 4 is 29.2 Å². The van der Waals surface area contributed by atoms with E-state index in [2.05, 4.69) is 0 Å². The minimum Gasteiger partial charge on any atom is -0.497 e. The number of aliphatic hydroxyl groups is 1. The van der Waals surface area contributed by atoms with Gasteiger partial charge in [-0.1, -0.05) is 60.1 Å². The second-order valence-electron chi connectivity index (χ2n) is 7.88. The largest absolute Gasteiger partial charge is 0.497 e. The van der Waals surface area contributed by atoms with Crippen molar-refractivity contribution in [3.05, 3.63) is 94.5 Å². The minimum absolute atomic E-state index is 0.0680. The molecule has 1 N–H and O–H groups in total. The molecule has 7 nitrogen and oxygen atoms in total. The van der Waals surface area contributed by atoms with Crippen LogP contribution in [0.4, 0.5) is 5.69 Å². The van der Waals surface area contributed by atoms with E-state index in [9.17, 15) is 14.7 Å². The lowest BCUT2D eigenvalue weighted by atomic mass is 9.73. The van der Waals surface area contributed by atoms with Gasteiger partial charge in [0.15, 0.2) is 0 Å². The van der Waals surface area contributed by atoms with E-state index in [1.807, 2.05) is 30.3 Å². The highest BCUT2D eigenvalue weighted by Gasteiger charge is 2.69. The van der Waals surface area contributed by atoms with E-state index in [1.165, 1.54) is 26.2 Å². The van der Waals surface area contributed by atoms with E-state index in [0.29, 0.717) is 11.4 Å². The van der Waals surface area contributed by atoms with Gasteiger partial charge in [0.25, 0.3) is 5.91 Å². The third-order valence-corrected chi connectivity index (χ3v) is 6.42. The summed E-state index contributed by atoms with van der Waals surface area (Å²) in [6, 6.07) is 20.3. The normalized spacial score (nSPS) is 18.9. The van der Waals surface area contributed by atoms with E-state index in [-0.39, 0.29) is 22.8 Å². The predicted octanol–water partition coefficient (Wildman–Crippen LogP) is 3.80. The van der Waals surface area contributed by atoms with Crippen molar-refractivity contribution in [3.8, 4) is 5.75 Å². The smallest absolute Gasteiger partial charge is 0.346 e. The number of nitrogens with zero attached hydrogens (tertiary/aromatic N) is 1. The molecule has 3 aromatic carbocycles. The summed E-state index contributed by atoms with van der Waals surface area (Å²) in [5, 5.41) is 12.4. The van der Waals surface area contributed by atoms with E-state index < -0.39 is 23.1 Å². The van der Waals surface area contributed by atoms with Crippen molar-refractivity contribution in [1.29, 1.82) is 0 Å². The van der Waals surface area contributed by atoms with Crippen LogP contribution in [0.25, 0.3) is 0 Å². The monoisotopic (exact) mass is 481 g/mol. The second kappa shape index (κ2) is 9.10. The molecule has 0 fully saturated rings. The molecule has 1 heterocycles. The van der Waals surface area contributed by atoms with Crippen molar-refractivity contribution in [1.82, 2.24) is 0 Å². The third-order valence-electron chi connectivity index (χ3n) is 6.11. The van der Waals surface area contributed by atoms with Crippen LogP contribution in [0.3, 0.4) is 0 Å². The summed E-state index contributed by atoms with van der Waals surface area (Å²) in [6.45, 7) is -0.0962. The van der Waals surface area contributed by atoms with Gasteiger partial charge in [0.1, 0.15) is 5.75 Å². The number of rotatable bonds is 7. The molecule has 1 aliphatic heterocycles. The van der Waals surface area contributed by atoms with Crippen LogP contribution >= 0.6 is 11.6 Å².